The zero-order chi connectivity index (χ0) is 18.5. The topological polar surface area (TPSA) is 31.2 Å². The molecule has 0 aliphatic heterocycles. The molecular weight excluding hydrogens is 354 g/mol. The fourth-order valence-corrected chi connectivity index (χ4v) is 5.29. The smallest absolute Gasteiger partial charge is 0.150 e. The van der Waals surface area contributed by atoms with Crippen LogP contribution in [0.25, 0.3) is 31.6 Å². The fraction of sp³-hybridized carbons (Fsp3) is 0.261. The molecule has 1 aliphatic carbocycles. The van der Waals surface area contributed by atoms with Gasteiger partial charge in [0.15, 0.2) is 0 Å². The number of aromatic nitrogens is 1. The van der Waals surface area contributed by atoms with Gasteiger partial charge in [0.05, 0.1) is 17.7 Å². The SMILES string of the molecule is COc1cc(C=O)cc2sc(-c3cc4ccccc4n3CC3CC3)c(C)c12. The molecule has 4 heteroatoms. The number of carbonyl (C=O) groups excluding carboxylic acids is 1. The lowest BCUT2D eigenvalue weighted by Crippen LogP contribution is -2.01. The van der Waals surface area contributed by atoms with E-state index in [0.717, 1.165) is 34.6 Å². The third-order valence-electron chi connectivity index (χ3n) is 5.55. The zero-order valence-electron chi connectivity index (χ0n) is 15.5. The molecule has 5 rings (SSSR count). The average Bonchev–Trinajstić information content (AvgIpc) is 3.36. The number of carbonyl (C=O) groups is 1. The van der Waals surface area contributed by atoms with Gasteiger partial charge in [-0.25, -0.2) is 0 Å². The molecule has 0 spiro atoms. The second kappa shape index (κ2) is 6.24. The molecule has 3 nitrogen and oxygen atoms in total. The predicted octanol–water partition coefficient (Wildman–Crippen LogP) is 6.06. The second-order valence-corrected chi connectivity index (χ2v) is 8.46. The number of rotatable bonds is 5. The number of benzene rings is 2. The van der Waals surface area contributed by atoms with Gasteiger partial charge in [0, 0.05) is 33.1 Å². The molecule has 0 radical (unpaired) electrons. The van der Waals surface area contributed by atoms with E-state index in [-0.39, 0.29) is 0 Å². The highest BCUT2D eigenvalue weighted by molar-refractivity contribution is 7.22. The number of nitrogens with zero attached hydrogens (tertiary/aromatic N) is 1. The summed E-state index contributed by atoms with van der Waals surface area (Å²) in [5, 5.41) is 2.40. The fourth-order valence-electron chi connectivity index (χ4n) is 3.99. The third-order valence-corrected chi connectivity index (χ3v) is 6.81. The Morgan fingerprint density at radius 3 is 2.78 bits per heavy atom. The molecule has 2 aromatic carbocycles. The number of ether oxygens (including phenoxy) is 1. The molecule has 0 N–H and O–H groups in total. The van der Waals surface area contributed by atoms with E-state index in [9.17, 15) is 4.79 Å². The van der Waals surface area contributed by atoms with Gasteiger partial charge in [-0.2, -0.15) is 0 Å². The minimum Gasteiger partial charge on any atom is -0.496 e. The van der Waals surface area contributed by atoms with Gasteiger partial charge in [-0.3, -0.25) is 4.79 Å². The van der Waals surface area contributed by atoms with Crippen molar-refractivity contribution < 1.29 is 9.53 Å². The summed E-state index contributed by atoms with van der Waals surface area (Å²) < 4.78 is 9.19. The highest BCUT2D eigenvalue weighted by Gasteiger charge is 2.25. The Morgan fingerprint density at radius 1 is 1.22 bits per heavy atom. The van der Waals surface area contributed by atoms with Gasteiger partial charge in [0.25, 0.3) is 0 Å². The van der Waals surface area contributed by atoms with Crippen LogP contribution < -0.4 is 4.74 Å². The van der Waals surface area contributed by atoms with Crippen LogP contribution in [0.4, 0.5) is 0 Å². The minimum atomic E-state index is 0.658. The lowest BCUT2D eigenvalue weighted by molar-refractivity contribution is 0.112. The maximum atomic E-state index is 11.3. The second-order valence-electron chi connectivity index (χ2n) is 7.41. The first kappa shape index (κ1) is 16.6. The zero-order valence-corrected chi connectivity index (χ0v) is 16.3. The van der Waals surface area contributed by atoms with Gasteiger partial charge in [-0.15, -0.1) is 11.3 Å². The highest BCUT2D eigenvalue weighted by Crippen LogP contribution is 2.45. The number of thiophene rings is 1. The number of aryl methyl sites for hydroxylation is 1. The molecule has 27 heavy (non-hydrogen) atoms. The highest BCUT2D eigenvalue weighted by atomic mass is 32.1. The van der Waals surface area contributed by atoms with Gasteiger partial charge < -0.3 is 9.30 Å². The molecule has 1 saturated carbocycles. The van der Waals surface area contributed by atoms with Crippen LogP contribution in [0.2, 0.25) is 0 Å². The van der Waals surface area contributed by atoms with Crippen LogP contribution in [0.1, 0.15) is 28.8 Å². The van der Waals surface area contributed by atoms with Crippen molar-refractivity contribution in [3.8, 4) is 16.3 Å². The van der Waals surface area contributed by atoms with Crippen molar-refractivity contribution in [2.75, 3.05) is 7.11 Å². The Hall–Kier alpha value is -2.59. The number of hydrogen-bond donors (Lipinski definition) is 0. The van der Waals surface area contributed by atoms with Crippen molar-refractivity contribution in [2.45, 2.75) is 26.3 Å². The number of fused-ring (bicyclic) bond motifs is 2. The van der Waals surface area contributed by atoms with E-state index < -0.39 is 0 Å². The summed E-state index contributed by atoms with van der Waals surface area (Å²) in [5.41, 5.74) is 4.46. The summed E-state index contributed by atoms with van der Waals surface area (Å²) in [4.78, 5) is 12.6. The van der Waals surface area contributed by atoms with Crippen LogP contribution in [-0.2, 0) is 6.54 Å². The average molecular weight is 375 g/mol. The lowest BCUT2D eigenvalue weighted by atomic mass is 10.1. The summed E-state index contributed by atoms with van der Waals surface area (Å²) in [6.07, 6.45) is 3.54. The molecule has 0 amide bonds. The summed E-state index contributed by atoms with van der Waals surface area (Å²) in [6.45, 7) is 3.24. The lowest BCUT2D eigenvalue weighted by Gasteiger charge is -2.10. The predicted molar refractivity (Wildman–Crippen MR) is 112 cm³/mol. The van der Waals surface area contributed by atoms with Gasteiger partial charge in [0.2, 0.25) is 0 Å². The van der Waals surface area contributed by atoms with Gasteiger partial charge in [0.1, 0.15) is 12.0 Å². The minimum absolute atomic E-state index is 0.658. The van der Waals surface area contributed by atoms with Crippen molar-refractivity contribution in [1.29, 1.82) is 0 Å². The maximum absolute atomic E-state index is 11.3. The molecule has 0 saturated heterocycles. The molecule has 136 valence electrons. The molecule has 2 heterocycles. The van der Waals surface area contributed by atoms with E-state index in [4.69, 9.17) is 4.74 Å². The quantitative estimate of drug-likeness (QED) is 0.397. The van der Waals surface area contributed by atoms with E-state index in [0.29, 0.717) is 5.56 Å². The summed E-state index contributed by atoms with van der Waals surface area (Å²) in [5.74, 6) is 1.57. The summed E-state index contributed by atoms with van der Waals surface area (Å²) in [6, 6.07) is 14.7. The molecule has 2 aromatic heterocycles. The van der Waals surface area contributed by atoms with Gasteiger partial charge >= 0.3 is 0 Å². The summed E-state index contributed by atoms with van der Waals surface area (Å²) in [7, 11) is 1.67. The third kappa shape index (κ3) is 2.67. The van der Waals surface area contributed by atoms with Gasteiger partial charge in [-0.1, -0.05) is 18.2 Å². The number of para-hydroxylation sites is 1. The van der Waals surface area contributed by atoms with E-state index in [1.807, 2.05) is 12.1 Å². The number of hydrogen-bond acceptors (Lipinski definition) is 3. The Bertz CT molecular complexity index is 1180. The van der Waals surface area contributed by atoms with E-state index in [2.05, 4.69) is 41.8 Å². The van der Waals surface area contributed by atoms with Crippen molar-refractivity contribution in [3.63, 3.8) is 0 Å². The number of aldehydes is 1. The summed E-state index contributed by atoms with van der Waals surface area (Å²) >= 11 is 1.75. The van der Waals surface area contributed by atoms with E-state index >= 15 is 0 Å². The first-order valence-electron chi connectivity index (χ1n) is 9.34. The van der Waals surface area contributed by atoms with Crippen molar-refractivity contribution in [1.82, 2.24) is 4.57 Å². The maximum Gasteiger partial charge on any atom is 0.150 e. The molecule has 0 bridgehead atoms. The van der Waals surface area contributed by atoms with Crippen LogP contribution in [0, 0.1) is 12.8 Å². The van der Waals surface area contributed by atoms with Crippen molar-refractivity contribution in [2.24, 2.45) is 5.92 Å². The molecule has 0 atom stereocenters. The van der Waals surface area contributed by atoms with Crippen molar-refractivity contribution >= 4 is 38.6 Å². The first-order valence-corrected chi connectivity index (χ1v) is 10.2. The Kier molecular flexibility index (Phi) is 3.83. The standard InChI is InChI=1S/C23H21NO2S/c1-14-22-20(26-2)9-16(13-25)10-21(22)27-23(14)19-11-17-5-3-4-6-18(17)24(19)12-15-7-8-15/h3-6,9-11,13,15H,7-8,12H2,1-2H3. The molecular formula is C23H21NO2S. The van der Waals surface area contributed by atoms with Crippen LogP contribution in [0.15, 0.2) is 42.5 Å². The van der Waals surface area contributed by atoms with Crippen LogP contribution in [0.3, 0.4) is 0 Å². The molecule has 0 unspecified atom stereocenters. The Balaban J connectivity index is 1.78. The monoisotopic (exact) mass is 375 g/mol. The van der Waals surface area contributed by atoms with Crippen LogP contribution >= 0.6 is 11.3 Å². The molecule has 1 aliphatic rings. The van der Waals surface area contributed by atoms with E-state index in [1.54, 1.807) is 18.4 Å². The Morgan fingerprint density at radius 2 is 2.04 bits per heavy atom. The van der Waals surface area contributed by atoms with Gasteiger partial charge in [-0.05, 0) is 55.5 Å². The molecule has 1 fully saturated rings. The molecule has 4 aromatic rings. The van der Waals surface area contributed by atoms with Crippen LogP contribution in [-0.4, -0.2) is 18.0 Å². The normalized spacial score (nSPS) is 14.1. The van der Waals surface area contributed by atoms with Crippen molar-refractivity contribution in [3.05, 3.63) is 53.6 Å². The largest absolute Gasteiger partial charge is 0.496 e. The first-order chi connectivity index (χ1) is 13.2. The van der Waals surface area contributed by atoms with Crippen LogP contribution in [0.5, 0.6) is 5.75 Å². The Labute approximate surface area is 162 Å². The van der Waals surface area contributed by atoms with E-state index in [1.165, 1.54) is 39.9 Å². The number of methoxy groups -OCH3 is 1.